The number of rotatable bonds is 8. The summed E-state index contributed by atoms with van der Waals surface area (Å²) in [7, 11) is -2.27. The van der Waals surface area contributed by atoms with Crippen LogP contribution in [0.25, 0.3) is 0 Å². The molecule has 0 spiro atoms. The highest BCUT2D eigenvalue weighted by Crippen LogP contribution is 2.27. The predicted octanol–water partition coefficient (Wildman–Crippen LogP) is 3.35. The largest absolute Gasteiger partial charge is 0.496 e. The van der Waals surface area contributed by atoms with Gasteiger partial charge in [0, 0.05) is 33.6 Å². The second-order valence-corrected chi connectivity index (χ2v) is 10.8. The highest BCUT2D eigenvalue weighted by atomic mass is 79.9. The normalized spacial score (nSPS) is 17.9. The second kappa shape index (κ2) is 11.2. The Kier molecular flexibility index (Phi) is 8.58. The Morgan fingerprint density at radius 1 is 1.27 bits per heavy atom. The van der Waals surface area contributed by atoms with Crippen LogP contribution in [-0.4, -0.2) is 51.8 Å². The summed E-state index contributed by atoms with van der Waals surface area (Å²) in [6, 6.07) is 11.2. The maximum Gasteiger partial charge on any atom is 0.407 e. The summed E-state index contributed by atoms with van der Waals surface area (Å²) in [5.41, 5.74) is 0.796. The maximum absolute atomic E-state index is 12.8. The summed E-state index contributed by atoms with van der Waals surface area (Å²) in [5.74, 6) is 0.649. The van der Waals surface area contributed by atoms with Gasteiger partial charge in [0.15, 0.2) is 6.19 Å². The number of sulfonamides is 1. The number of methoxy groups -OCH3 is 1. The third-order valence-electron chi connectivity index (χ3n) is 5.07. The number of ether oxygens (including phenoxy) is 2. The predicted molar refractivity (Wildman–Crippen MR) is 128 cm³/mol. The Bertz CT molecular complexity index is 1160. The number of hydrogen-bond donors (Lipinski definition) is 2. The Morgan fingerprint density at radius 3 is 2.76 bits per heavy atom. The molecule has 1 aliphatic rings. The molecule has 2 aromatic carbocycles. The first kappa shape index (κ1) is 25.3. The van der Waals surface area contributed by atoms with Crippen molar-refractivity contribution < 1.29 is 22.7 Å². The van der Waals surface area contributed by atoms with Crippen molar-refractivity contribution >= 4 is 48.0 Å². The number of amides is 1. The van der Waals surface area contributed by atoms with Crippen LogP contribution in [0.5, 0.6) is 5.75 Å². The first-order chi connectivity index (χ1) is 15.7. The number of alkyl carbamates (subject to hydrolysis) is 1. The lowest BCUT2D eigenvalue weighted by molar-refractivity contribution is 0.121. The van der Waals surface area contributed by atoms with Crippen LogP contribution in [0, 0.1) is 11.5 Å². The zero-order chi connectivity index (χ0) is 24.0. The Balaban J connectivity index is 1.55. The lowest BCUT2D eigenvalue weighted by Crippen LogP contribution is -2.36. The molecule has 1 saturated heterocycles. The van der Waals surface area contributed by atoms with E-state index in [1.165, 1.54) is 11.0 Å². The molecule has 0 bridgehead atoms. The molecule has 1 unspecified atom stereocenters. The van der Waals surface area contributed by atoms with Crippen LogP contribution in [0.15, 0.2) is 56.3 Å². The summed E-state index contributed by atoms with van der Waals surface area (Å²) in [6.07, 6.45) is 1.72. The van der Waals surface area contributed by atoms with Gasteiger partial charge in [0.25, 0.3) is 0 Å². The van der Waals surface area contributed by atoms with Crippen molar-refractivity contribution in [3.05, 3.63) is 57.0 Å². The number of nitrogens with zero attached hydrogens (tertiary/aromatic N) is 2. The minimum atomic E-state index is -3.82. The maximum atomic E-state index is 12.8. The number of benzene rings is 2. The lowest BCUT2D eigenvalue weighted by atomic mass is 10.2. The van der Waals surface area contributed by atoms with Gasteiger partial charge in [-0.25, -0.2) is 17.9 Å². The third kappa shape index (κ3) is 6.60. The lowest BCUT2D eigenvalue weighted by Gasteiger charge is -2.18. The van der Waals surface area contributed by atoms with Gasteiger partial charge in [-0.05, 0) is 46.6 Å². The average Bonchev–Trinajstić information content (AvgIpc) is 3.18. The molecule has 0 aromatic heterocycles. The fourth-order valence-electron chi connectivity index (χ4n) is 3.49. The molecular weight excluding hydrogens is 580 g/mol. The van der Waals surface area contributed by atoms with Crippen LogP contribution in [0.2, 0.25) is 0 Å². The fraction of sp³-hybridized carbons (Fsp3) is 0.333. The number of hydrogen-bond acceptors (Lipinski definition) is 7. The third-order valence-corrected chi connectivity index (χ3v) is 8.08. The average molecular weight is 602 g/mol. The second-order valence-electron chi connectivity index (χ2n) is 7.30. The zero-order valence-electron chi connectivity index (χ0n) is 17.6. The molecule has 1 heterocycles. The molecule has 1 fully saturated rings. The van der Waals surface area contributed by atoms with Crippen LogP contribution in [-0.2, 0) is 21.3 Å². The number of carbonyl (C=O) groups excluding carboxylic acids is 1. The van der Waals surface area contributed by atoms with Crippen LogP contribution >= 0.6 is 31.9 Å². The van der Waals surface area contributed by atoms with Crippen LogP contribution in [0.3, 0.4) is 0 Å². The highest BCUT2D eigenvalue weighted by Gasteiger charge is 2.35. The molecule has 2 N–H and O–H groups in total. The summed E-state index contributed by atoms with van der Waals surface area (Å²) < 4.78 is 39.9. The van der Waals surface area contributed by atoms with Gasteiger partial charge in [-0.15, -0.1) is 0 Å². The van der Waals surface area contributed by atoms with Crippen molar-refractivity contribution in [2.75, 3.05) is 20.3 Å². The summed E-state index contributed by atoms with van der Waals surface area (Å²) >= 11 is 6.53. The van der Waals surface area contributed by atoms with E-state index in [4.69, 9.17) is 9.47 Å². The van der Waals surface area contributed by atoms with E-state index in [1.54, 1.807) is 25.3 Å². The fourth-order valence-corrected chi connectivity index (χ4v) is 6.23. The van der Waals surface area contributed by atoms with Gasteiger partial charge in [-0.2, -0.15) is 5.26 Å². The van der Waals surface area contributed by atoms with E-state index in [1.807, 2.05) is 24.4 Å². The van der Waals surface area contributed by atoms with Gasteiger partial charge in [0.2, 0.25) is 10.0 Å². The summed E-state index contributed by atoms with van der Waals surface area (Å²) in [4.78, 5) is 13.6. The minimum Gasteiger partial charge on any atom is -0.496 e. The Labute approximate surface area is 209 Å². The van der Waals surface area contributed by atoms with E-state index < -0.39 is 28.2 Å². The van der Waals surface area contributed by atoms with Crippen molar-refractivity contribution in [1.29, 1.82) is 5.26 Å². The van der Waals surface area contributed by atoms with Gasteiger partial charge in [-0.1, -0.05) is 34.1 Å². The van der Waals surface area contributed by atoms with Crippen molar-refractivity contribution in [3.8, 4) is 11.9 Å². The molecule has 33 heavy (non-hydrogen) atoms. The van der Waals surface area contributed by atoms with Crippen molar-refractivity contribution in [2.24, 2.45) is 0 Å². The molecule has 0 radical (unpaired) electrons. The SMILES string of the molecule is COc1ccccc1CNC(=O)OC[C@H]1CC(NS(=O)(=O)c2cc(Br)ccc2Br)CN1C#N. The highest BCUT2D eigenvalue weighted by molar-refractivity contribution is 9.11. The molecular formula is C21H22Br2N4O5S. The van der Waals surface area contributed by atoms with Gasteiger partial charge in [-0.3, -0.25) is 0 Å². The van der Waals surface area contributed by atoms with Gasteiger partial charge in [0.1, 0.15) is 12.4 Å². The van der Waals surface area contributed by atoms with Gasteiger partial charge >= 0.3 is 6.09 Å². The first-order valence-corrected chi connectivity index (χ1v) is 13.0. The van der Waals surface area contributed by atoms with Gasteiger partial charge < -0.3 is 19.7 Å². The number of carbonyl (C=O) groups is 1. The molecule has 2 atom stereocenters. The molecule has 3 rings (SSSR count). The molecule has 1 amide bonds. The van der Waals surface area contributed by atoms with Crippen molar-refractivity contribution in [3.63, 3.8) is 0 Å². The number of nitrogens with one attached hydrogen (secondary N) is 2. The number of para-hydroxylation sites is 1. The van der Waals surface area contributed by atoms with E-state index in [-0.39, 0.29) is 24.6 Å². The van der Waals surface area contributed by atoms with E-state index >= 15 is 0 Å². The topological polar surface area (TPSA) is 121 Å². The summed E-state index contributed by atoms with van der Waals surface area (Å²) in [5, 5.41) is 12.1. The van der Waals surface area contributed by atoms with Crippen LogP contribution in [0.4, 0.5) is 4.79 Å². The zero-order valence-corrected chi connectivity index (χ0v) is 21.6. The Hall–Kier alpha value is -2.33. The molecule has 12 heteroatoms. The van der Waals surface area contributed by atoms with E-state index in [9.17, 15) is 18.5 Å². The number of nitriles is 1. The molecule has 0 aliphatic carbocycles. The quantitative estimate of drug-likeness (QED) is 0.445. The van der Waals surface area contributed by atoms with E-state index in [0.29, 0.717) is 21.1 Å². The monoisotopic (exact) mass is 600 g/mol. The van der Waals surface area contributed by atoms with Crippen molar-refractivity contribution in [1.82, 2.24) is 14.9 Å². The minimum absolute atomic E-state index is 0.0515. The smallest absolute Gasteiger partial charge is 0.407 e. The molecule has 0 saturated carbocycles. The van der Waals surface area contributed by atoms with E-state index in [0.717, 1.165) is 5.56 Å². The molecule has 2 aromatic rings. The molecule has 9 nitrogen and oxygen atoms in total. The first-order valence-electron chi connectivity index (χ1n) is 9.89. The van der Waals surface area contributed by atoms with E-state index in [2.05, 4.69) is 41.9 Å². The number of likely N-dealkylation sites (tertiary alicyclic amines) is 1. The standard InChI is InChI=1S/C21H22Br2N4O5S/c1-31-19-5-3-2-4-14(19)10-25-21(28)32-12-17-9-16(11-27(17)13-24)26-33(29,30)20-8-15(22)6-7-18(20)23/h2-8,16-17,26H,9-12H2,1H3,(H,25,28)/t16?,17-/m1/s1. The van der Waals surface area contributed by atoms with Crippen LogP contribution in [0.1, 0.15) is 12.0 Å². The number of halogens is 2. The van der Waals surface area contributed by atoms with Crippen molar-refractivity contribution in [2.45, 2.75) is 29.9 Å². The molecule has 1 aliphatic heterocycles. The Morgan fingerprint density at radius 2 is 2.03 bits per heavy atom. The van der Waals surface area contributed by atoms with Gasteiger partial charge in [0.05, 0.1) is 18.0 Å². The molecule has 176 valence electrons. The summed E-state index contributed by atoms with van der Waals surface area (Å²) in [6.45, 7) is 0.349. The van der Waals surface area contributed by atoms with Crippen LogP contribution < -0.4 is 14.8 Å².